The minimum Gasteiger partial charge on any atom is -0.497 e. The van der Waals surface area contributed by atoms with Crippen molar-refractivity contribution in [3.8, 4) is 11.8 Å². The van der Waals surface area contributed by atoms with Crippen LogP contribution >= 0.6 is 0 Å². The van der Waals surface area contributed by atoms with Crippen LogP contribution in [0.15, 0.2) is 48.7 Å². The van der Waals surface area contributed by atoms with Crippen LogP contribution in [0.1, 0.15) is 21.5 Å². The first kappa shape index (κ1) is 14.7. The van der Waals surface area contributed by atoms with Gasteiger partial charge in [-0.25, -0.2) is 4.79 Å². The summed E-state index contributed by atoms with van der Waals surface area (Å²) in [4.78, 5) is 11.4. The van der Waals surface area contributed by atoms with Crippen LogP contribution in [0.5, 0.6) is 5.75 Å². The highest BCUT2D eigenvalue weighted by Crippen LogP contribution is 2.26. The van der Waals surface area contributed by atoms with E-state index in [-0.39, 0.29) is 5.56 Å². The first-order valence-electron chi connectivity index (χ1n) is 7.01. The number of methoxy groups -OCH3 is 1. The lowest BCUT2D eigenvalue weighted by atomic mass is 10.1. The second-order valence-electron chi connectivity index (χ2n) is 5.17. The third-order valence-electron chi connectivity index (χ3n) is 3.73. The van der Waals surface area contributed by atoms with Crippen molar-refractivity contribution in [2.75, 3.05) is 7.11 Å². The Morgan fingerprint density at radius 2 is 2.13 bits per heavy atom. The third-order valence-corrected chi connectivity index (χ3v) is 3.73. The largest absolute Gasteiger partial charge is 0.497 e. The average molecular weight is 306 g/mol. The number of nitriles is 1. The molecule has 0 aliphatic carbocycles. The summed E-state index contributed by atoms with van der Waals surface area (Å²) >= 11 is 0. The molecule has 0 bridgehead atoms. The number of rotatable bonds is 4. The van der Waals surface area contributed by atoms with E-state index in [2.05, 4.69) is 6.07 Å². The predicted octanol–water partition coefficient (Wildman–Crippen LogP) is 3.27. The molecule has 0 radical (unpaired) electrons. The van der Waals surface area contributed by atoms with Crippen LogP contribution in [0, 0.1) is 11.3 Å². The van der Waals surface area contributed by atoms with Gasteiger partial charge in [0.25, 0.3) is 0 Å². The molecule has 0 fully saturated rings. The highest BCUT2D eigenvalue weighted by molar-refractivity contribution is 6.03. The Morgan fingerprint density at radius 3 is 2.83 bits per heavy atom. The summed E-state index contributed by atoms with van der Waals surface area (Å²) < 4.78 is 7.09. The van der Waals surface area contributed by atoms with Gasteiger partial charge in [0.1, 0.15) is 5.75 Å². The molecule has 5 nitrogen and oxygen atoms in total. The molecule has 114 valence electrons. The molecule has 2 aromatic carbocycles. The van der Waals surface area contributed by atoms with Crippen molar-refractivity contribution in [2.24, 2.45) is 0 Å². The number of carboxylic acids is 1. The lowest BCUT2D eigenvalue weighted by Crippen LogP contribution is -1.99. The quantitative estimate of drug-likeness (QED) is 0.802. The van der Waals surface area contributed by atoms with E-state index < -0.39 is 5.97 Å². The maximum Gasteiger partial charge on any atom is 0.337 e. The zero-order chi connectivity index (χ0) is 16.4. The number of aromatic carboxylic acids is 1. The number of benzene rings is 2. The fourth-order valence-corrected chi connectivity index (χ4v) is 2.64. The Morgan fingerprint density at radius 1 is 1.30 bits per heavy atom. The topological polar surface area (TPSA) is 75.2 Å². The van der Waals surface area contributed by atoms with Crippen molar-refractivity contribution in [1.29, 1.82) is 5.26 Å². The van der Waals surface area contributed by atoms with Crippen LogP contribution in [0.4, 0.5) is 0 Å². The summed E-state index contributed by atoms with van der Waals surface area (Å²) in [6.07, 6.45) is 1.62. The van der Waals surface area contributed by atoms with Crippen molar-refractivity contribution in [3.05, 3.63) is 65.4 Å². The van der Waals surface area contributed by atoms with Gasteiger partial charge in [-0.05, 0) is 29.8 Å². The summed E-state index contributed by atoms with van der Waals surface area (Å²) in [5.41, 5.74) is 2.54. The summed E-state index contributed by atoms with van der Waals surface area (Å²) in [6, 6.07) is 14.7. The molecule has 3 rings (SSSR count). The molecule has 23 heavy (non-hydrogen) atoms. The molecule has 0 atom stereocenters. The van der Waals surface area contributed by atoms with Crippen LogP contribution in [0.3, 0.4) is 0 Å². The fraction of sp³-hybridized carbons (Fsp3) is 0.111. The number of carboxylic acid groups (broad SMARTS) is 1. The Labute approximate surface area is 133 Å². The summed E-state index contributed by atoms with van der Waals surface area (Å²) in [5, 5.41) is 19.0. The molecule has 0 saturated heterocycles. The van der Waals surface area contributed by atoms with Gasteiger partial charge in [-0.3, -0.25) is 0 Å². The van der Waals surface area contributed by atoms with Gasteiger partial charge in [-0.15, -0.1) is 0 Å². The van der Waals surface area contributed by atoms with Crippen molar-refractivity contribution >= 4 is 16.9 Å². The number of aromatic nitrogens is 1. The fourth-order valence-electron chi connectivity index (χ4n) is 2.64. The number of nitrogens with zero attached hydrogens (tertiary/aromatic N) is 2. The molecule has 5 heteroatoms. The molecule has 0 aliphatic heterocycles. The molecule has 0 aliphatic rings. The molecular formula is C18H14N2O3. The Bertz CT molecular complexity index is 935. The summed E-state index contributed by atoms with van der Waals surface area (Å²) in [7, 11) is 1.57. The van der Waals surface area contributed by atoms with Gasteiger partial charge in [0, 0.05) is 24.2 Å². The predicted molar refractivity (Wildman–Crippen MR) is 85.7 cm³/mol. The van der Waals surface area contributed by atoms with E-state index in [1.165, 1.54) is 0 Å². The van der Waals surface area contributed by atoms with E-state index in [1.807, 2.05) is 22.8 Å². The Balaban J connectivity index is 2.12. The van der Waals surface area contributed by atoms with E-state index >= 15 is 0 Å². The van der Waals surface area contributed by atoms with Gasteiger partial charge in [0.2, 0.25) is 0 Å². The van der Waals surface area contributed by atoms with E-state index in [0.717, 1.165) is 11.1 Å². The molecule has 1 aromatic heterocycles. The first-order chi connectivity index (χ1) is 11.1. The Kier molecular flexibility index (Phi) is 3.73. The van der Waals surface area contributed by atoms with E-state index in [9.17, 15) is 9.90 Å². The van der Waals surface area contributed by atoms with E-state index in [4.69, 9.17) is 10.00 Å². The highest BCUT2D eigenvalue weighted by Gasteiger charge is 2.15. The zero-order valence-corrected chi connectivity index (χ0v) is 12.5. The lowest BCUT2D eigenvalue weighted by molar-refractivity contribution is 0.0699. The zero-order valence-electron chi connectivity index (χ0n) is 12.5. The SMILES string of the molecule is COc1ccc2c(C(=O)O)cn(Cc3cccc(C#N)c3)c2c1. The van der Waals surface area contributed by atoms with Gasteiger partial charge in [0.05, 0.1) is 29.8 Å². The monoisotopic (exact) mass is 306 g/mol. The first-order valence-corrected chi connectivity index (χ1v) is 7.01. The molecule has 0 saturated carbocycles. The third kappa shape index (κ3) is 2.74. The summed E-state index contributed by atoms with van der Waals surface area (Å²) in [6.45, 7) is 0.479. The molecular weight excluding hydrogens is 292 g/mol. The number of ether oxygens (including phenoxy) is 1. The van der Waals surface area contributed by atoms with E-state index in [1.54, 1.807) is 37.6 Å². The van der Waals surface area contributed by atoms with Gasteiger partial charge in [-0.2, -0.15) is 5.26 Å². The molecule has 1 heterocycles. The molecule has 3 aromatic rings. The standard InChI is InChI=1S/C18H14N2O3/c1-23-14-5-6-15-16(18(21)22)11-20(17(15)8-14)10-13-4-2-3-12(7-13)9-19/h2-8,11H,10H2,1H3,(H,21,22). The number of carbonyl (C=O) groups is 1. The van der Waals surface area contributed by atoms with Crippen LogP contribution < -0.4 is 4.74 Å². The average Bonchev–Trinajstić information content (AvgIpc) is 2.93. The van der Waals surface area contributed by atoms with Crippen molar-refractivity contribution in [1.82, 2.24) is 4.57 Å². The van der Waals surface area contributed by atoms with Crippen LogP contribution in [-0.2, 0) is 6.54 Å². The van der Waals surface area contributed by atoms with Gasteiger partial charge in [-0.1, -0.05) is 12.1 Å². The van der Waals surface area contributed by atoms with Gasteiger partial charge in [0.15, 0.2) is 0 Å². The van der Waals surface area contributed by atoms with Crippen LogP contribution in [-0.4, -0.2) is 22.8 Å². The van der Waals surface area contributed by atoms with E-state index in [0.29, 0.717) is 23.2 Å². The maximum absolute atomic E-state index is 11.4. The minimum atomic E-state index is -0.968. The smallest absolute Gasteiger partial charge is 0.337 e. The summed E-state index contributed by atoms with van der Waals surface area (Å²) in [5.74, 6) is -0.302. The molecule has 0 unspecified atom stereocenters. The second-order valence-corrected chi connectivity index (χ2v) is 5.17. The molecule has 0 amide bonds. The van der Waals surface area contributed by atoms with Gasteiger partial charge >= 0.3 is 5.97 Å². The second kappa shape index (κ2) is 5.85. The molecule has 1 N–H and O–H groups in total. The van der Waals surface area contributed by atoms with Crippen LogP contribution in [0.2, 0.25) is 0 Å². The van der Waals surface area contributed by atoms with Gasteiger partial charge < -0.3 is 14.4 Å². The number of fused-ring (bicyclic) bond motifs is 1. The Hall–Kier alpha value is -3.26. The highest BCUT2D eigenvalue weighted by atomic mass is 16.5. The number of hydrogen-bond donors (Lipinski definition) is 1. The lowest BCUT2D eigenvalue weighted by Gasteiger charge is -2.07. The van der Waals surface area contributed by atoms with Crippen molar-refractivity contribution in [2.45, 2.75) is 6.54 Å². The van der Waals surface area contributed by atoms with Crippen LogP contribution in [0.25, 0.3) is 10.9 Å². The normalized spacial score (nSPS) is 10.4. The maximum atomic E-state index is 11.4. The number of hydrogen-bond acceptors (Lipinski definition) is 3. The van der Waals surface area contributed by atoms with Crippen molar-refractivity contribution < 1.29 is 14.6 Å². The molecule has 0 spiro atoms. The van der Waals surface area contributed by atoms with Crippen molar-refractivity contribution in [3.63, 3.8) is 0 Å². The minimum absolute atomic E-state index is 0.249.